The monoisotopic (exact) mass is 950 g/mol. The van der Waals surface area contributed by atoms with Gasteiger partial charge in [-0.3, -0.25) is 0 Å². The number of aromatic nitrogens is 2. The third-order valence-corrected chi connectivity index (χ3v) is 15.6. The summed E-state index contributed by atoms with van der Waals surface area (Å²) < 4.78 is 0. The van der Waals surface area contributed by atoms with E-state index >= 15 is 0 Å². The molecule has 11 aromatic rings. The van der Waals surface area contributed by atoms with Crippen LogP contribution in [-0.2, 0) is 10.8 Å². The van der Waals surface area contributed by atoms with E-state index < -0.39 is 0 Å². The first kappa shape index (κ1) is 44.8. The van der Waals surface area contributed by atoms with Gasteiger partial charge in [0.05, 0.1) is 11.4 Å². The Morgan fingerprint density at radius 1 is 0.297 bits per heavy atom. The lowest BCUT2D eigenvalue weighted by Crippen LogP contribution is -2.17. The average Bonchev–Trinajstić information content (AvgIpc) is 3.83. The van der Waals surface area contributed by atoms with Crippen LogP contribution in [-0.4, -0.2) is 9.97 Å². The molecule has 0 saturated heterocycles. The lowest BCUT2D eigenvalue weighted by atomic mass is 9.78. The standard InChI is InChI=1S/C70H54N4/c1-69(2)59-21-13-11-19-55(59)57-39-41-61(65(67(57)69)51-27-23-47(24-28-51)45-15-7-5-8-16-45)73-53-35-31-49(32-36-53)63-43-64(72-44-71-63)50-33-37-54(38-34-50)74-62-42-40-58-56-20-12-14-22-60(56)70(3,4)68(58)66(62)52-29-25-48(26-30-52)46-17-9-6-10-18-46/h5-44,73-74H,1-4H3. The van der Waals surface area contributed by atoms with Gasteiger partial charge in [0, 0.05) is 55.8 Å². The van der Waals surface area contributed by atoms with E-state index in [4.69, 9.17) is 9.97 Å². The fourth-order valence-electron chi connectivity index (χ4n) is 11.9. The second kappa shape index (κ2) is 17.9. The fraction of sp³-hybridized carbons (Fsp3) is 0.0857. The Morgan fingerprint density at radius 2 is 0.635 bits per heavy atom. The Morgan fingerprint density at radius 3 is 1.04 bits per heavy atom. The molecule has 0 spiro atoms. The number of benzene rings is 10. The minimum atomic E-state index is -0.185. The van der Waals surface area contributed by atoms with Gasteiger partial charge in [-0.05, 0) is 120 Å². The molecule has 0 unspecified atom stereocenters. The Kier molecular flexibility index (Phi) is 10.8. The molecule has 2 N–H and O–H groups in total. The average molecular weight is 951 g/mol. The van der Waals surface area contributed by atoms with E-state index in [0.29, 0.717) is 0 Å². The summed E-state index contributed by atoms with van der Waals surface area (Å²) in [7, 11) is 0. The summed E-state index contributed by atoms with van der Waals surface area (Å²) in [6.07, 6.45) is 1.67. The molecule has 1 heterocycles. The second-order valence-electron chi connectivity index (χ2n) is 20.7. The van der Waals surface area contributed by atoms with Crippen molar-refractivity contribution in [2.45, 2.75) is 38.5 Å². The first-order chi connectivity index (χ1) is 36.2. The zero-order valence-electron chi connectivity index (χ0n) is 42.0. The van der Waals surface area contributed by atoms with Gasteiger partial charge in [-0.1, -0.05) is 222 Å². The van der Waals surface area contributed by atoms with Crippen molar-refractivity contribution in [2.24, 2.45) is 0 Å². The van der Waals surface area contributed by atoms with E-state index in [0.717, 1.165) is 45.3 Å². The minimum Gasteiger partial charge on any atom is -0.355 e. The molecule has 74 heavy (non-hydrogen) atoms. The highest BCUT2D eigenvalue weighted by atomic mass is 14.9. The lowest BCUT2D eigenvalue weighted by molar-refractivity contribution is 0.662. The summed E-state index contributed by atoms with van der Waals surface area (Å²) in [5, 5.41) is 7.71. The molecule has 0 amide bonds. The summed E-state index contributed by atoms with van der Waals surface area (Å²) in [5.41, 5.74) is 27.8. The maximum absolute atomic E-state index is 4.75. The predicted molar refractivity (Wildman–Crippen MR) is 309 cm³/mol. The largest absolute Gasteiger partial charge is 0.355 e. The Labute approximate surface area is 434 Å². The maximum atomic E-state index is 4.75. The maximum Gasteiger partial charge on any atom is 0.116 e. The first-order valence-electron chi connectivity index (χ1n) is 25.6. The molecule has 4 nitrogen and oxygen atoms in total. The van der Waals surface area contributed by atoms with Gasteiger partial charge in [0.1, 0.15) is 6.33 Å². The van der Waals surface area contributed by atoms with Crippen molar-refractivity contribution in [2.75, 3.05) is 10.6 Å². The number of nitrogens with one attached hydrogen (secondary N) is 2. The summed E-state index contributed by atoms with van der Waals surface area (Å²) in [6.45, 7) is 9.43. The van der Waals surface area contributed by atoms with E-state index in [1.165, 1.54) is 89.0 Å². The molecule has 0 atom stereocenters. The number of rotatable bonds is 10. The number of hydrogen-bond donors (Lipinski definition) is 2. The molecule has 2 aliphatic carbocycles. The molecule has 13 rings (SSSR count). The molecule has 1 aromatic heterocycles. The highest BCUT2D eigenvalue weighted by Crippen LogP contribution is 2.56. The van der Waals surface area contributed by atoms with Gasteiger partial charge in [0.25, 0.3) is 0 Å². The van der Waals surface area contributed by atoms with Gasteiger partial charge in [0.15, 0.2) is 0 Å². The molecular weight excluding hydrogens is 897 g/mol. The third-order valence-electron chi connectivity index (χ3n) is 15.6. The molecule has 0 aliphatic heterocycles. The highest BCUT2D eigenvalue weighted by Gasteiger charge is 2.40. The van der Waals surface area contributed by atoms with Crippen LogP contribution in [0.3, 0.4) is 0 Å². The van der Waals surface area contributed by atoms with Crippen LogP contribution in [0.25, 0.3) is 89.3 Å². The molecule has 10 aromatic carbocycles. The van der Waals surface area contributed by atoms with E-state index in [1.54, 1.807) is 6.33 Å². The highest BCUT2D eigenvalue weighted by molar-refractivity contribution is 5.97. The Balaban J connectivity index is 0.778. The van der Waals surface area contributed by atoms with Gasteiger partial charge >= 0.3 is 0 Å². The second-order valence-corrected chi connectivity index (χ2v) is 20.7. The smallest absolute Gasteiger partial charge is 0.116 e. The number of fused-ring (bicyclic) bond motifs is 6. The minimum absolute atomic E-state index is 0.185. The summed E-state index contributed by atoms with van der Waals surface area (Å²) >= 11 is 0. The van der Waals surface area contributed by atoms with Crippen LogP contribution in [0.15, 0.2) is 243 Å². The molecule has 0 fully saturated rings. The Bertz CT molecular complexity index is 3640. The van der Waals surface area contributed by atoms with Crippen LogP contribution >= 0.6 is 0 Å². The van der Waals surface area contributed by atoms with Gasteiger partial charge in [-0.2, -0.15) is 0 Å². The van der Waals surface area contributed by atoms with Gasteiger partial charge in [-0.15, -0.1) is 0 Å². The van der Waals surface area contributed by atoms with E-state index in [9.17, 15) is 0 Å². The molecule has 2 aliphatic rings. The molecule has 4 heteroatoms. The van der Waals surface area contributed by atoms with Crippen LogP contribution < -0.4 is 10.6 Å². The predicted octanol–water partition coefficient (Wildman–Crippen LogP) is 18.6. The summed E-state index contributed by atoms with van der Waals surface area (Å²) in [5.74, 6) is 0. The zero-order chi connectivity index (χ0) is 50.0. The van der Waals surface area contributed by atoms with Crippen molar-refractivity contribution in [3.8, 4) is 89.3 Å². The molecule has 0 saturated carbocycles. The molecular formula is C70H54N4. The molecule has 0 bridgehead atoms. The summed E-state index contributed by atoms with van der Waals surface area (Å²) in [6, 6.07) is 85.4. The SMILES string of the molecule is CC1(C)c2ccccc2-c2ccc(Nc3ccc(-c4cc(-c5ccc(Nc6ccc7c(c6-c6ccc(-c8ccccc8)cc6)C(C)(C)c6ccccc6-7)cc5)ncn4)cc3)c(-c3ccc(-c4ccccc4)cc3)c21. The van der Waals surface area contributed by atoms with Crippen molar-refractivity contribution < 1.29 is 0 Å². The van der Waals surface area contributed by atoms with Crippen LogP contribution in [0.1, 0.15) is 49.9 Å². The fourth-order valence-corrected chi connectivity index (χ4v) is 11.9. The molecule has 354 valence electrons. The van der Waals surface area contributed by atoms with Crippen LogP contribution in [0, 0.1) is 0 Å². The first-order valence-corrected chi connectivity index (χ1v) is 25.6. The quantitative estimate of drug-likeness (QED) is 0.143. The van der Waals surface area contributed by atoms with Crippen LogP contribution in [0.5, 0.6) is 0 Å². The normalized spacial score (nSPS) is 13.4. The van der Waals surface area contributed by atoms with E-state index in [2.05, 4.69) is 275 Å². The topological polar surface area (TPSA) is 49.8 Å². The van der Waals surface area contributed by atoms with Crippen LogP contribution in [0.2, 0.25) is 0 Å². The van der Waals surface area contributed by atoms with Crippen molar-refractivity contribution in [1.29, 1.82) is 0 Å². The van der Waals surface area contributed by atoms with Crippen molar-refractivity contribution in [1.82, 2.24) is 9.97 Å². The van der Waals surface area contributed by atoms with Crippen LogP contribution in [0.4, 0.5) is 22.7 Å². The lowest BCUT2D eigenvalue weighted by Gasteiger charge is -2.27. The number of anilines is 4. The molecule has 0 radical (unpaired) electrons. The van der Waals surface area contributed by atoms with Gasteiger partial charge < -0.3 is 10.6 Å². The Hall–Kier alpha value is -9.12. The number of hydrogen-bond acceptors (Lipinski definition) is 4. The zero-order valence-corrected chi connectivity index (χ0v) is 42.0. The summed E-state index contributed by atoms with van der Waals surface area (Å²) in [4.78, 5) is 9.50. The number of nitrogens with zero attached hydrogens (tertiary/aromatic N) is 2. The van der Waals surface area contributed by atoms with Crippen molar-refractivity contribution >= 4 is 22.7 Å². The van der Waals surface area contributed by atoms with E-state index in [-0.39, 0.29) is 10.8 Å². The van der Waals surface area contributed by atoms with E-state index in [1.807, 2.05) is 0 Å². The van der Waals surface area contributed by atoms with Gasteiger partial charge in [0.2, 0.25) is 0 Å². The van der Waals surface area contributed by atoms with Gasteiger partial charge in [-0.25, -0.2) is 9.97 Å². The third kappa shape index (κ3) is 7.70. The van der Waals surface area contributed by atoms with Crippen molar-refractivity contribution in [3.05, 3.63) is 265 Å². The van der Waals surface area contributed by atoms with Crippen molar-refractivity contribution in [3.63, 3.8) is 0 Å².